The molecule has 1 aliphatic heterocycles. The fraction of sp³-hybridized carbons (Fsp3) is 0.312. The van der Waals surface area contributed by atoms with E-state index in [0.717, 1.165) is 16.4 Å². The fourth-order valence-corrected chi connectivity index (χ4v) is 4.25. The summed E-state index contributed by atoms with van der Waals surface area (Å²) in [5.74, 6) is -1.91. The molecule has 2 aromatic rings. The van der Waals surface area contributed by atoms with Crippen LogP contribution >= 0.6 is 0 Å². The first-order valence-electron chi connectivity index (χ1n) is 7.74. The Kier molecular flexibility index (Phi) is 5.11. The Morgan fingerprint density at radius 1 is 1.19 bits per heavy atom. The number of nitrogens with zero attached hydrogens (tertiary/aromatic N) is 4. The molecule has 0 bridgehead atoms. The van der Waals surface area contributed by atoms with E-state index in [0.29, 0.717) is 18.9 Å². The summed E-state index contributed by atoms with van der Waals surface area (Å²) in [7, 11) is -4.08. The molecule has 1 saturated heterocycles. The molecular formula is C16H14F2N4O3S. The van der Waals surface area contributed by atoms with Gasteiger partial charge in [-0.2, -0.15) is 9.57 Å². The van der Waals surface area contributed by atoms with Gasteiger partial charge in [0, 0.05) is 25.0 Å². The van der Waals surface area contributed by atoms with E-state index in [1.165, 1.54) is 12.4 Å². The van der Waals surface area contributed by atoms with Gasteiger partial charge in [0.05, 0.1) is 11.4 Å². The van der Waals surface area contributed by atoms with E-state index in [4.69, 9.17) is 10.00 Å². The molecule has 1 aromatic heterocycles. The van der Waals surface area contributed by atoms with E-state index in [2.05, 4.69) is 9.97 Å². The molecule has 0 saturated carbocycles. The molecule has 0 spiro atoms. The van der Waals surface area contributed by atoms with Crippen molar-refractivity contribution in [2.45, 2.75) is 23.8 Å². The summed E-state index contributed by atoms with van der Waals surface area (Å²) in [5, 5.41) is 9.02. The highest BCUT2D eigenvalue weighted by atomic mass is 32.2. The summed E-state index contributed by atoms with van der Waals surface area (Å²) < 4.78 is 58.8. The maximum Gasteiger partial charge on any atom is 0.251 e. The van der Waals surface area contributed by atoms with E-state index in [9.17, 15) is 17.2 Å². The number of halogens is 2. The maximum atomic E-state index is 13.4. The van der Waals surface area contributed by atoms with Gasteiger partial charge < -0.3 is 4.74 Å². The number of rotatable bonds is 4. The number of ether oxygens (including phenoxy) is 1. The van der Waals surface area contributed by atoms with Crippen LogP contribution in [0.25, 0.3) is 0 Å². The van der Waals surface area contributed by atoms with Crippen molar-refractivity contribution in [2.24, 2.45) is 0 Å². The molecule has 1 aromatic carbocycles. The molecule has 2 heterocycles. The van der Waals surface area contributed by atoms with Crippen LogP contribution in [0, 0.1) is 23.0 Å². The van der Waals surface area contributed by atoms with Crippen LogP contribution in [0.15, 0.2) is 35.5 Å². The van der Waals surface area contributed by atoms with Crippen molar-refractivity contribution in [1.29, 1.82) is 5.26 Å². The third kappa shape index (κ3) is 3.79. The third-order valence-electron chi connectivity index (χ3n) is 3.86. The lowest BCUT2D eigenvalue weighted by molar-refractivity contribution is 0.124. The van der Waals surface area contributed by atoms with Gasteiger partial charge in [-0.3, -0.25) is 0 Å². The number of hydrogen-bond donors (Lipinski definition) is 0. The third-order valence-corrected chi connectivity index (χ3v) is 5.71. The lowest BCUT2D eigenvalue weighted by Gasteiger charge is -2.31. The normalized spacial score (nSPS) is 18.3. The molecule has 136 valence electrons. The van der Waals surface area contributed by atoms with E-state index in [-0.39, 0.29) is 24.7 Å². The molecule has 1 unspecified atom stereocenters. The fourth-order valence-electron chi connectivity index (χ4n) is 2.69. The molecule has 1 aliphatic rings. The molecular weight excluding hydrogens is 366 g/mol. The smallest absolute Gasteiger partial charge is 0.251 e. The van der Waals surface area contributed by atoms with Crippen molar-refractivity contribution < 1.29 is 21.9 Å². The van der Waals surface area contributed by atoms with E-state index >= 15 is 0 Å². The summed E-state index contributed by atoms with van der Waals surface area (Å²) in [5.41, 5.74) is -0.000294. The molecule has 0 aliphatic carbocycles. The lowest BCUT2D eigenvalue weighted by atomic mass is 10.1. The minimum absolute atomic E-state index is 0.000294. The zero-order valence-electron chi connectivity index (χ0n) is 13.5. The summed E-state index contributed by atoms with van der Waals surface area (Å²) in [4.78, 5) is 7.32. The maximum absolute atomic E-state index is 13.4. The van der Waals surface area contributed by atoms with Crippen LogP contribution in [0.4, 0.5) is 8.78 Å². The first kappa shape index (κ1) is 18.2. The molecule has 0 amide bonds. The van der Waals surface area contributed by atoms with Crippen LogP contribution < -0.4 is 4.74 Å². The van der Waals surface area contributed by atoms with Crippen molar-refractivity contribution in [3.8, 4) is 11.9 Å². The molecule has 3 rings (SSSR count). The van der Waals surface area contributed by atoms with Crippen LogP contribution in [-0.2, 0) is 10.0 Å². The predicted molar refractivity (Wildman–Crippen MR) is 85.5 cm³/mol. The molecule has 26 heavy (non-hydrogen) atoms. The summed E-state index contributed by atoms with van der Waals surface area (Å²) in [6, 6.07) is 4.02. The van der Waals surface area contributed by atoms with Crippen LogP contribution in [0.5, 0.6) is 5.88 Å². The first-order chi connectivity index (χ1) is 12.4. The van der Waals surface area contributed by atoms with Gasteiger partial charge in [-0.1, -0.05) is 0 Å². The predicted octanol–water partition coefficient (Wildman–Crippen LogP) is 1.86. The second kappa shape index (κ2) is 7.31. The number of piperidine rings is 1. The van der Waals surface area contributed by atoms with Crippen LogP contribution in [-0.4, -0.2) is 41.9 Å². The number of benzene rings is 1. The molecule has 10 heteroatoms. The minimum atomic E-state index is -4.08. The Labute approximate surface area is 148 Å². The van der Waals surface area contributed by atoms with Crippen LogP contribution in [0.1, 0.15) is 18.5 Å². The Hall–Kier alpha value is -2.64. The zero-order valence-corrected chi connectivity index (χ0v) is 14.3. The van der Waals surface area contributed by atoms with Crippen molar-refractivity contribution in [2.75, 3.05) is 13.1 Å². The minimum Gasteiger partial charge on any atom is -0.471 e. The number of nitriles is 1. The van der Waals surface area contributed by atoms with Gasteiger partial charge in [0.2, 0.25) is 15.7 Å². The largest absolute Gasteiger partial charge is 0.471 e. The average Bonchev–Trinajstić information content (AvgIpc) is 2.61. The van der Waals surface area contributed by atoms with Gasteiger partial charge in [0.15, 0.2) is 0 Å². The topological polar surface area (TPSA) is 96.2 Å². The lowest BCUT2D eigenvalue weighted by Crippen LogP contribution is -2.44. The number of aromatic nitrogens is 2. The van der Waals surface area contributed by atoms with Gasteiger partial charge in [0.25, 0.3) is 5.88 Å². The standard InChI is InChI=1S/C16H14F2N4O3S/c17-11-6-12(18)8-14(7-11)26(23,24)22-5-1-2-13(10-22)25-16-15(9-19)20-3-4-21-16/h3-4,6-8,13H,1-2,5,10H2. The molecule has 0 radical (unpaired) electrons. The summed E-state index contributed by atoms with van der Waals surface area (Å²) in [6.07, 6.45) is 3.19. The summed E-state index contributed by atoms with van der Waals surface area (Å²) >= 11 is 0. The monoisotopic (exact) mass is 380 g/mol. The number of sulfonamides is 1. The molecule has 1 atom stereocenters. The molecule has 7 nitrogen and oxygen atoms in total. The van der Waals surface area contributed by atoms with Crippen LogP contribution in [0.2, 0.25) is 0 Å². The Bertz CT molecular complexity index is 942. The quantitative estimate of drug-likeness (QED) is 0.803. The second-order valence-corrected chi connectivity index (χ2v) is 7.61. The Morgan fingerprint density at radius 2 is 1.88 bits per heavy atom. The highest BCUT2D eigenvalue weighted by Crippen LogP contribution is 2.24. The van der Waals surface area contributed by atoms with Crippen molar-refractivity contribution >= 4 is 10.0 Å². The second-order valence-electron chi connectivity index (χ2n) is 5.67. The van der Waals surface area contributed by atoms with Gasteiger partial charge in [-0.15, -0.1) is 0 Å². The van der Waals surface area contributed by atoms with Gasteiger partial charge in [-0.05, 0) is 25.0 Å². The van der Waals surface area contributed by atoms with E-state index in [1.54, 1.807) is 0 Å². The van der Waals surface area contributed by atoms with Crippen LogP contribution in [0.3, 0.4) is 0 Å². The van der Waals surface area contributed by atoms with Gasteiger partial charge in [-0.25, -0.2) is 27.2 Å². The molecule has 1 fully saturated rings. The van der Waals surface area contributed by atoms with Crippen molar-refractivity contribution in [3.63, 3.8) is 0 Å². The highest BCUT2D eigenvalue weighted by Gasteiger charge is 2.32. The summed E-state index contributed by atoms with van der Waals surface area (Å²) in [6.45, 7) is 0.174. The van der Waals surface area contributed by atoms with Gasteiger partial charge in [0.1, 0.15) is 23.8 Å². The Balaban J connectivity index is 1.80. The van der Waals surface area contributed by atoms with Gasteiger partial charge >= 0.3 is 0 Å². The zero-order chi connectivity index (χ0) is 18.7. The number of hydrogen-bond acceptors (Lipinski definition) is 6. The van der Waals surface area contributed by atoms with Crippen molar-refractivity contribution in [1.82, 2.24) is 14.3 Å². The molecule has 0 N–H and O–H groups in total. The van der Waals surface area contributed by atoms with Crippen molar-refractivity contribution in [3.05, 3.63) is 47.9 Å². The van der Waals surface area contributed by atoms with E-state index in [1.807, 2.05) is 6.07 Å². The van der Waals surface area contributed by atoms with E-state index < -0.39 is 32.7 Å². The average molecular weight is 380 g/mol. The first-order valence-corrected chi connectivity index (χ1v) is 9.18. The SMILES string of the molecule is N#Cc1nccnc1OC1CCCN(S(=O)(=O)c2cc(F)cc(F)c2)C1. The Morgan fingerprint density at radius 3 is 2.58 bits per heavy atom. The highest BCUT2D eigenvalue weighted by molar-refractivity contribution is 7.89.